The summed E-state index contributed by atoms with van der Waals surface area (Å²) in [6, 6.07) is 3.92. The van der Waals surface area contributed by atoms with Crippen LogP contribution in [0, 0.1) is 0 Å². The molecule has 24 heavy (non-hydrogen) atoms. The average molecular weight is 330 g/mol. The fourth-order valence-corrected chi connectivity index (χ4v) is 2.85. The lowest BCUT2D eigenvalue weighted by Crippen LogP contribution is -2.20. The number of carbonyl (C=O) groups excluding carboxylic acids is 2. The maximum Gasteiger partial charge on any atom is 0.231 e. The normalized spacial score (nSPS) is 12.3. The SMILES string of the molecule is CCCCCC(CC)Nc1ccc2nc(CC)oc2c1C(=O)C=O. The molecule has 1 heterocycles. The Morgan fingerprint density at radius 3 is 2.71 bits per heavy atom. The maximum atomic E-state index is 12.2. The average Bonchev–Trinajstić information content (AvgIpc) is 3.03. The number of anilines is 1. The van der Waals surface area contributed by atoms with Crippen LogP contribution < -0.4 is 5.32 Å². The van der Waals surface area contributed by atoms with Gasteiger partial charge in [0.1, 0.15) is 5.52 Å². The molecule has 0 fully saturated rings. The predicted molar refractivity (Wildman–Crippen MR) is 95.6 cm³/mol. The topological polar surface area (TPSA) is 72.2 Å². The molecule has 0 aliphatic rings. The van der Waals surface area contributed by atoms with Crippen LogP contribution in [0.4, 0.5) is 5.69 Å². The van der Waals surface area contributed by atoms with E-state index in [1.807, 2.05) is 19.1 Å². The van der Waals surface area contributed by atoms with Crippen LogP contribution in [0.2, 0.25) is 0 Å². The second-order valence-corrected chi connectivity index (χ2v) is 6.02. The Morgan fingerprint density at radius 2 is 2.08 bits per heavy atom. The summed E-state index contributed by atoms with van der Waals surface area (Å²) in [5.41, 5.74) is 1.96. The number of aromatic nitrogens is 1. The standard InChI is InChI=1S/C19H26N2O3/c1-4-7-8-9-13(5-2)20-14-10-11-15-19(18(14)16(23)12-22)24-17(6-3)21-15/h10-13,20H,4-9H2,1-3H3. The van der Waals surface area contributed by atoms with E-state index in [4.69, 9.17) is 4.42 Å². The van der Waals surface area contributed by atoms with Crippen molar-refractivity contribution >= 4 is 28.9 Å². The van der Waals surface area contributed by atoms with Gasteiger partial charge < -0.3 is 9.73 Å². The van der Waals surface area contributed by atoms with Crippen LogP contribution in [0.15, 0.2) is 16.5 Å². The molecule has 0 amide bonds. The van der Waals surface area contributed by atoms with Crippen LogP contribution in [-0.4, -0.2) is 23.1 Å². The van der Waals surface area contributed by atoms with Crippen molar-refractivity contribution in [2.75, 3.05) is 5.32 Å². The Morgan fingerprint density at radius 1 is 1.29 bits per heavy atom. The molecule has 0 saturated carbocycles. The van der Waals surface area contributed by atoms with Crippen molar-refractivity contribution in [2.24, 2.45) is 0 Å². The minimum atomic E-state index is -0.578. The molecule has 0 radical (unpaired) electrons. The lowest BCUT2D eigenvalue weighted by atomic mass is 10.0. The highest BCUT2D eigenvalue weighted by atomic mass is 16.3. The largest absolute Gasteiger partial charge is 0.440 e. The Hall–Kier alpha value is -2.17. The van der Waals surface area contributed by atoms with E-state index in [0.717, 1.165) is 19.3 Å². The third-order valence-electron chi connectivity index (χ3n) is 4.27. The monoisotopic (exact) mass is 330 g/mol. The summed E-state index contributed by atoms with van der Waals surface area (Å²) in [5.74, 6) is -0.0117. The molecule has 0 bridgehead atoms. The van der Waals surface area contributed by atoms with E-state index < -0.39 is 5.78 Å². The zero-order chi connectivity index (χ0) is 17.5. The highest BCUT2D eigenvalue weighted by Gasteiger charge is 2.21. The van der Waals surface area contributed by atoms with Gasteiger partial charge in [0.05, 0.1) is 5.56 Å². The molecule has 0 aliphatic heterocycles. The predicted octanol–water partition coefficient (Wildman–Crippen LogP) is 4.54. The van der Waals surface area contributed by atoms with Crippen LogP contribution >= 0.6 is 0 Å². The summed E-state index contributed by atoms with van der Waals surface area (Å²) in [7, 11) is 0. The van der Waals surface area contributed by atoms with Crippen LogP contribution in [0.3, 0.4) is 0 Å². The molecule has 1 atom stereocenters. The van der Waals surface area contributed by atoms with E-state index in [-0.39, 0.29) is 6.04 Å². The van der Waals surface area contributed by atoms with Crippen LogP contribution in [-0.2, 0) is 11.2 Å². The second kappa shape index (κ2) is 8.62. The van der Waals surface area contributed by atoms with Gasteiger partial charge in [-0.15, -0.1) is 0 Å². The number of oxazole rings is 1. The Kier molecular flexibility index (Phi) is 6.53. The number of nitrogens with zero attached hydrogens (tertiary/aromatic N) is 1. The minimum Gasteiger partial charge on any atom is -0.440 e. The van der Waals surface area contributed by atoms with E-state index in [1.165, 1.54) is 12.8 Å². The van der Waals surface area contributed by atoms with Gasteiger partial charge in [-0.1, -0.05) is 40.0 Å². The van der Waals surface area contributed by atoms with Crippen molar-refractivity contribution in [1.29, 1.82) is 0 Å². The van der Waals surface area contributed by atoms with Gasteiger partial charge in [0.2, 0.25) is 5.78 Å². The number of aldehydes is 1. The highest BCUT2D eigenvalue weighted by molar-refractivity contribution is 6.37. The van der Waals surface area contributed by atoms with E-state index in [9.17, 15) is 9.59 Å². The molecule has 0 spiro atoms. The Labute approximate surface area is 142 Å². The van der Waals surface area contributed by atoms with E-state index >= 15 is 0 Å². The van der Waals surface area contributed by atoms with Crippen molar-refractivity contribution in [2.45, 2.75) is 65.3 Å². The molecule has 130 valence electrons. The van der Waals surface area contributed by atoms with Crippen molar-refractivity contribution < 1.29 is 14.0 Å². The zero-order valence-electron chi connectivity index (χ0n) is 14.7. The third-order valence-corrected chi connectivity index (χ3v) is 4.27. The molecule has 0 aliphatic carbocycles. The number of rotatable bonds is 10. The molecular formula is C19H26N2O3. The fourth-order valence-electron chi connectivity index (χ4n) is 2.85. The number of hydrogen-bond acceptors (Lipinski definition) is 5. The van der Waals surface area contributed by atoms with Gasteiger partial charge in [0, 0.05) is 18.2 Å². The molecule has 1 aromatic carbocycles. The van der Waals surface area contributed by atoms with Gasteiger partial charge in [0.15, 0.2) is 17.8 Å². The lowest BCUT2D eigenvalue weighted by Gasteiger charge is -2.19. The quantitative estimate of drug-likeness (QED) is 0.299. The summed E-state index contributed by atoms with van der Waals surface area (Å²) in [6.07, 6.45) is 6.48. The summed E-state index contributed by atoms with van der Waals surface area (Å²) in [4.78, 5) is 27.6. The van der Waals surface area contributed by atoms with Crippen LogP contribution in [0.1, 0.15) is 69.1 Å². The molecule has 1 aromatic heterocycles. The van der Waals surface area contributed by atoms with E-state index in [1.54, 1.807) is 0 Å². The lowest BCUT2D eigenvalue weighted by molar-refractivity contribution is -0.104. The van der Waals surface area contributed by atoms with Gasteiger partial charge in [-0.3, -0.25) is 9.59 Å². The fraction of sp³-hybridized carbons (Fsp3) is 0.526. The van der Waals surface area contributed by atoms with Crippen molar-refractivity contribution in [1.82, 2.24) is 4.98 Å². The van der Waals surface area contributed by atoms with Crippen molar-refractivity contribution in [3.8, 4) is 0 Å². The first-order valence-corrected chi connectivity index (χ1v) is 8.82. The number of Topliss-reactive ketones (excluding diaryl/α,β-unsaturated/α-hetero) is 1. The summed E-state index contributed by atoms with van der Waals surface area (Å²) >= 11 is 0. The first kappa shape index (κ1) is 18.2. The summed E-state index contributed by atoms with van der Waals surface area (Å²) < 4.78 is 5.69. The molecular weight excluding hydrogens is 304 g/mol. The Bertz CT molecular complexity index is 706. The van der Waals surface area contributed by atoms with Crippen molar-refractivity contribution in [3.63, 3.8) is 0 Å². The van der Waals surface area contributed by atoms with Gasteiger partial charge in [0.25, 0.3) is 0 Å². The number of nitrogens with one attached hydrogen (secondary N) is 1. The zero-order valence-corrected chi connectivity index (χ0v) is 14.7. The first-order valence-electron chi connectivity index (χ1n) is 8.82. The number of aryl methyl sites for hydroxylation is 1. The first-order chi connectivity index (χ1) is 11.6. The van der Waals surface area contributed by atoms with Crippen LogP contribution in [0.25, 0.3) is 11.1 Å². The molecule has 1 unspecified atom stereocenters. The maximum absolute atomic E-state index is 12.2. The minimum absolute atomic E-state index is 0.265. The number of carbonyl (C=O) groups is 2. The third kappa shape index (κ3) is 4.02. The molecule has 2 aromatic rings. The number of hydrogen-bond donors (Lipinski definition) is 1. The summed E-state index contributed by atoms with van der Waals surface area (Å²) in [6.45, 7) is 6.23. The molecule has 5 heteroatoms. The van der Waals surface area contributed by atoms with Crippen molar-refractivity contribution in [3.05, 3.63) is 23.6 Å². The number of benzene rings is 1. The van der Waals surface area contributed by atoms with Gasteiger partial charge in [-0.25, -0.2) is 4.98 Å². The highest BCUT2D eigenvalue weighted by Crippen LogP contribution is 2.29. The second-order valence-electron chi connectivity index (χ2n) is 6.02. The van der Waals surface area contributed by atoms with Crippen LogP contribution in [0.5, 0.6) is 0 Å². The van der Waals surface area contributed by atoms with Gasteiger partial charge in [-0.2, -0.15) is 0 Å². The molecule has 5 nitrogen and oxygen atoms in total. The molecule has 2 rings (SSSR count). The number of fused-ring (bicyclic) bond motifs is 1. The van der Waals surface area contributed by atoms with E-state index in [2.05, 4.69) is 24.1 Å². The Balaban J connectivity index is 2.37. The van der Waals surface area contributed by atoms with Gasteiger partial charge >= 0.3 is 0 Å². The molecule has 0 saturated heterocycles. The van der Waals surface area contributed by atoms with E-state index in [0.29, 0.717) is 40.9 Å². The molecule has 1 N–H and O–H groups in total. The van der Waals surface area contributed by atoms with Gasteiger partial charge in [-0.05, 0) is 25.0 Å². The summed E-state index contributed by atoms with van der Waals surface area (Å²) in [5, 5.41) is 3.42. The number of unbranched alkanes of at least 4 members (excludes halogenated alkanes) is 2. The smallest absolute Gasteiger partial charge is 0.231 e. The number of ketones is 1.